The van der Waals surface area contributed by atoms with E-state index in [9.17, 15) is 9.59 Å². The zero-order valence-electron chi connectivity index (χ0n) is 10.6. The van der Waals surface area contributed by atoms with E-state index < -0.39 is 5.97 Å². The molecule has 0 atom stereocenters. The summed E-state index contributed by atoms with van der Waals surface area (Å²) >= 11 is 0. The lowest BCUT2D eigenvalue weighted by atomic mass is 10.2. The molecule has 0 aliphatic rings. The van der Waals surface area contributed by atoms with Crippen molar-refractivity contribution in [1.82, 2.24) is 9.97 Å². The molecule has 0 fully saturated rings. The summed E-state index contributed by atoms with van der Waals surface area (Å²) in [4.78, 5) is 31.6. The second-order valence-electron chi connectivity index (χ2n) is 3.87. The van der Waals surface area contributed by atoms with Crippen molar-refractivity contribution in [2.24, 2.45) is 0 Å². The summed E-state index contributed by atoms with van der Waals surface area (Å²) in [6, 6.07) is 4.98. The second-order valence-corrected chi connectivity index (χ2v) is 3.87. The van der Waals surface area contributed by atoms with Crippen LogP contribution in [0.2, 0.25) is 0 Å². The van der Waals surface area contributed by atoms with E-state index in [0.717, 1.165) is 0 Å². The summed E-state index contributed by atoms with van der Waals surface area (Å²) in [5.41, 5.74) is 1.30. The van der Waals surface area contributed by atoms with Gasteiger partial charge in [-0.3, -0.25) is 9.78 Å². The molecule has 1 amide bonds. The summed E-state index contributed by atoms with van der Waals surface area (Å²) in [7, 11) is 2.93. The number of carbonyl (C=O) groups excluding carboxylic acids is 2. The third-order valence-electron chi connectivity index (χ3n) is 2.67. The van der Waals surface area contributed by atoms with Gasteiger partial charge in [0.05, 0.1) is 24.6 Å². The molecule has 1 N–H and O–H groups in total. The molecule has 0 radical (unpaired) electrons. The van der Waals surface area contributed by atoms with Crippen LogP contribution >= 0.6 is 0 Å². The van der Waals surface area contributed by atoms with Crippen molar-refractivity contribution in [3.63, 3.8) is 0 Å². The minimum Gasteiger partial charge on any atom is -0.464 e. The molecule has 6 nitrogen and oxygen atoms in total. The predicted molar refractivity (Wildman–Crippen MR) is 69.1 cm³/mol. The first kappa shape index (κ1) is 12.8. The Morgan fingerprint density at radius 1 is 1.42 bits per heavy atom. The smallest absolute Gasteiger partial charge is 0.354 e. The zero-order chi connectivity index (χ0) is 13.8. The predicted octanol–water partition coefficient (Wildman–Crippen LogP) is 1.47. The van der Waals surface area contributed by atoms with Crippen LogP contribution in [0.15, 0.2) is 36.8 Å². The number of aromatic amines is 1. The first-order valence-corrected chi connectivity index (χ1v) is 5.58. The van der Waals surface area contributed by atoms with Crippen molar-refractivity contribution < 1.29 is 14.3 Å². The Hall–Kier alpha value is -2.63. The lowest BCUT2D eigenvalue weighted by molar-refractivity contribution is 0.0595. The van der Waals surface area contributed by atoms with Crippen LogP contribution in [0.1, 0.15) is 20.8 Å². The van der Waals surface area contributed by atoms with Gasteiger partial charge >= 0.3 is 5.97 Å². The molecule has 2 heterocycles. The topological polar surface area (TPSA) is 75.3 Å². The average Bonchev–Trinajstić information content (AvgIpc) is 2.95. The van der Waals surface area contributed by atoms with Gasteiger partial charge in [0.25, 0.3) is 5.91 Å². The fourth-order valence-electron chi connectivity index (χ4n) is 1.61. The molecule has 0 unspecified atom stereocenters. The van der Waals surface area contributed by atoms with Gasteiger partial charge in [0.2, 0.25) is 0 Å². The lowest BCUT2D eigenvalue weighted by Gasteiger charge is -2.15. The van der Waals surface area contributed by atoms with Gasteiger partial charge in [-0.1, -0.05) is 0 Å². The Bertz CT molecular complexity index is 592. The van der Waals surface area contributed by atoms with Gasteiger partial charge in [0.15, 0.2) is 0 Å². The van der Waals surface area contributed by atoms with E-state index in [2.05, 4.69) is 14.7 Å². The molecule has 0 saturated heterocycles. The number of pyridine rings is 1. The molecule has 0 aliphatic carbocycles. The van der Waals surface area contributed by atoms with Crippen molar-refractivity contribution >= 4 is 17.6 Å². The highest BCUT2D eigenvalue weighted by Gasteiger charge is 2.17. The molecule has 0 spiro atoms. The number of aromatic nitrogens is 2. The molecule has 2 rings (SSSR count). The van der Waals surface area contributed by atoms with Crippen molar-refractivity contribution in [2.45, 2.75) is 0 Å². The normalized spacial score (nSPS) is 10.0. The number of hydrogen-bond donors (Lipinski definition) is 1. The Morgan fingerprint density at radius 2 is 2.21 bits per heavy atom. The van der Waals surface area contributed by atoms with Gasteiger partial charge < -0.3 is 14.6 Å². The first-order chi connectivity index (χ1) is 9.13. The SMILES string of the molecule is COC(=O)c1cc(C(=O)N(C)c2cccnc2)c[nH]1. The number of esters is 1. The number of ether oxygens (including phenoxy) is 1. The Kier molecular flexibility index (Phi) is 3.61. The van der Waals surface area contributed by atoms with Crippen LogP contribution in [0.4, 0.5) is 5.69 Å². The fourth-order valence-corrected chi connectivity index (χ4v) is 1.61. The minimum atomic E-state index is -0.511. The maximum atomic E-state index is 12.2. The molecule has 0 saturated carbocycles. The zero-order valence-corrected chi connectivity index (χ0v) is 10.6. The molecule has 2 aromatic rings. The molecular weight excluding hydrogens is 246 g/mol. The molecular formula is C13H13N3O3. The maximum absolute atomic E-state index is 12.2. The van der Waals surface area contributed by atoms with E-state index in [1.807, 2.05) is 0 Å². The third-order valence-corrected chi connectivity index (χ3v) is 2.67. The molecule has 0 aromatic carbocycles. The fraction of sp³-hybridized carbons (Fsp3) is 0.154. The largest absolute Gasteiger partial charge is 0.464 e. The van der Waals surface area contributed by atoms with Crippen LogP contribution in [0.25, 0.3) is 0 Å². The van der Waals surface area contributed by atoms with Crippen LogP contribution in [0.5, 0.6) is 0 Å². The van der Waals surface area contributed by atoms with E-state index in [1.54, 1.807) is 31.6 Å². The highest BCUT2D eigenvalue weighted by molar-refractivity contribution is 6.06. The van der Waals surface area contributed by atoms with E-state index >= 15 is 0 Å². The summed E-state index contributed by atoms with van der Waals surface area (Å²) in [6.07, 6.45) is 4.70. The summed E-state index contributed by atoms with van der Waals surface area (Å²) in [5.74, 6) is -0.748. The van der Waals surface area contributed by atoms with E-state index in [-0.39, 0.29) is 11.6 Å². The van der Waals surface area contributed by atoms with Crippen LogP contribution in [-0.4, -0.2) is 36.0 Å². The quantitative estimate of drug-likeness (QED) is 0.847. The van der Waals surface area contributed by atoms with Gasteiger partial charge in [-0.05, 0) is 18.2 Å². The van der Waals surface area contributed by atoms with Crippen molar-refractivity contribution in [3.05, 3.63) is 48.0 Å². The van der Waals surface area contributed by atoms with Crippen molar-refractivity contribution in [1.29, 1.82) is 0 Å². The van der Waals surface area contributed by atoms with E-state index in [1.165, 1.54) is 24.3 Å². The van der Waals surface area contributed by atoms with Gasteiger partial charge in [0, 0.05) is 19.4 Å². The summed E-state index contributed by atoms with van der Waals surface area (Å²) in [5, 5.41) is 0. The van der Waals surface area contributed by atoms with Crippen LogP contribution in [-0.2, 0) is 4.74 Å². The van der Waals surface area contributed by atoms with Gasteiger partial charge in [-0.25, -0.2) is 4.79 Å². The van der Waals surface area contributed by atoms with Crippen LogP contribution in [0, 0.1) is 0 Å². The van der Waals surface area contributed by atoms with Gasteiger partial charge in [-0.2, -0.15) is 0 Å². The highest BCUT2D eigenvalue weighted by Crippen LogP contribution is 2.14. The molecule has 0 aliphatic heterocycles. The Balaban J connectivity index is 2.20. The number of rotatable bonds is 3. The van der Waals surface area contributed by atoms with Gasteiger partial charge in [0.1, 0.15) is 5.69 Å². The number of anilines is 1. The Labute approximate surface area is 110 Å². The van der Waals surface area contributed by atoms with Crippen molar-refractivity contribution in [2.75, 3.05) is 19.1 Å². The molecule has 2 aromatic heterocycles. The highest BCUT2D eigenvalue weighted by atomic mass is 16.5. The lowest BCUT2D eigenvalue weighted by Crippen LogP contribution is -2.25. The minimum absolute atomic E-state index is 0.237. The number of H-pyrrole nitrogens is 1. The van der Waals surface area contributed by atoms with Crippen molar-refractivity contribution in [3.8, 4) is 0 Å². The standard InChI is InChI=1S/C13H13N3O3/c1-16(10-4-3-5-14-8-10)12(17)9-6-11(15-7-9)13(18)19-2/h3-8,15H,1-2H3. The van der Waals surface area contributed by atoms with E-state index in [0.29, 0.717) is 11.3 Å². The summed E-state index contributed by atoms with van der Waals surface area (Å²) in [6.45, 7) is 0. The Morgan fingerprint density at radius 3 is 2.84 bits per heavy atom. The van der Waals surface area contributed by atoms with Crippen LogP contribution in [0.3, 0.4) is 0 Å². The van der Waals surface area contributed by atoms with Gasteiger partial charge in [-0.15, -0.1) is 0 Å². The monoisotopic (exact) mass is 259 g/mol. The summed E-state index contributed by atoms with van der Waals surface area (Å²) < 4.78 is 4.57. The molecule has 0 bridgehead atoms. The number of methoxy groups -OCH3 is 1. The number of nitrogens with one attached hydrogen (secondary N) is 1. The number of amides is 1. The second kappa shape index (κ2) is 5.34. The number of hydrogen-bond acceptors (Lipinski definition) is 4. The number of nitrogens with zero attached hydrogens (tertiary/aromatic N) is 2. The van der Waals surface area contributed by atoms with E-state index in [4.69, 9.17) is 0 Å². The molecule has 6 heteroatoms. The number of carbonyl (C=O) groups is 2. The average molecular weight is 259 g/mol. The van der Waals surface area contributed by atoms with Crippen LogP contribution < -0.4 is 4.90 Å². The molecule has 19 heavy (non-hydrogen) atoms. The maximum Gasteiger partial charge on any atom is 0.354 e. The molecule has 98 valence electrons. The third kappa shape index (κ3) is 2.62. The first-order valence-electron chi connectivity index (χ1n) is 5.58.